The molecule has 2 aromatic rings. The Morgan fingerprint density at radius 3 is 2.32 bits per heavy atom. The second-order valence-corrected chi connectivity index (χ2v) is 11.6. The van der Waals surface area contributed by atoms with Crippen molar-refractivity contribution in [1.82, 2.24) is 10.2 Å². The number of amides is 2. The number of rotatable bonds is 11. The molecule has 3 rings (SSSR count). The number of anilines is 1. The summed E-state index contributed by atoms with van der Waals surface area (Å²) in [5.41, 5.74) is -0.251. The van der Waals surface area contributed by atoms with Gasteiger partial charge in [-0.05, 0) is 49.9 Å². The van der Waals surface area contributed by atoms with Crippen molar-refractivity contribution < 1.29 is 31.2 Å². The minimum Gasteiger partial charge on any atom is -0.352 e. The molecule has 1 aliphatic carbocycles. The number of nitrogens with zero attached hydrogens (tertiary/aromatic N) is 2. The van der Waals surface area contributed by atoms with Crippen LogP contribution in [0.25, 0.3) is 0 Å². The summed E-state index contributed by atoms with van der Waals surface area (Å²) < 4.78 is 65.2. The van der Waals surface area contributed by atoms with E-state index in [4.69, 9.17) is 0 Å². The molecule has 1 atom stereocenters. The number of alkyl halides is 3. The molecule has 38 heavy (non-hydrogen) atoms. The van der Waals surface area contributed by atoms with Gasteiger partial charge in [0.05, 0.1) is 17.5 Å². The molecule has 1 N–H and O–H groups in total. The lowest BCUT2D eigenvalue weighted by molar-refractivity contribution is -0.141. The average Bonchev–Trinajstić information content (AvgIpc) is 3.37. The first kappa shape index (κ1) is 29.5. The summed E-state index contributed by atoms with van der Waals surface area (Å²) in [7, 11) is -3.91. The molecule has 0 heterocycles. The van der Waals surface area contributed by atoms with Gasteiger partial charge in [0.15, 0.2) is 0 Å². The molecule has 208 valence electrons. The Bertz CT molecular complexity index is 1200. The first-order chi connectivity index (χ1) is 17.9. The third-order valence-electron chi connectivity index (χ3n) is 6.68. The van der Waals surface area contributed by atoms with Crippen molar-refractivity contribution in [3.8, 4) is 0 Å². The van der Waals surface area contributed by atoms with Crippen LogP contribution < -0.4 is 9.62 Å². The molecule has 11 heteroatoms. The van der Waals surface area contributed by atoms with Gasteiger partial charge in [0.2, 0.25) is 21.8 Å². The Morgan fingerprint density at radius 2 is 1.71 bits per heavy atom. The van der Waals surface area contributed by atoms with Crippen LogP contribution in [0.3, 0.4) is 0 Å². The van der Waals surface area contributed by atoms with E-state index in [1.165, 1.54) is 11.0 Å². The molecule has 0 saturated heterocycles. The number of sulfonamides is 1. The molecule has 2 amide bonds. The molecule has 0 unspecified atom stereocenters. The van der Waals surface area contributed by atoms with Gasteiger partial charge in [-0.2, -0.15) is 13.2 Å². The molecule has 1 saturated carbocycles. The summed E-state index contributed by atoms with van der Waals surface area (Å²) in [5.74, 6) is -0.594. The summed E-state index contributed by atoms with van der Waals surface area (Å²) in [6.07, 6.45) is 0.172. The molecule has 0 aromatic heterocycles. The number of carbonyl (C=O) groups is 2. The van der Waals surface area contributed by atoms with E-state index in [9.17, 15) is 31.2 Å². The van der Waals surface area contributed by atoms with Gasteiger partial charge in [-0.3, -0.25) is 13.9 Å². The van der Waals surface area contributed by atoms with Crippen LogP contribution in [0.4, 0.5) is 18.9 Å². The van der Waals surface area contributed by atoms with Crippen molar-refractivity contribution in [2.45, 2.75) is 70.3 Å². The number of halogens is 3. The van der Waals surface area contributed by atoms with E-state index in [-0.39, 0.29) is 49.5 Å². The smallest absolute Gasteiger partial charge is 0.352 e. The number of carbonyl (C=O) groups excluding carboxylic acids is 2. The molecular formula is C27H34F3N3O4S. The van der Waals surface area contributed by atoms with Crippen molar-refractivity contribution in [1.29, 1.82) is 0 Å². The molecule has 7 nitrogen and oxygen atoms in total. The predicted octanol–water partition coefficient (Wildman–Crippen LogP) is 4.73. The Balaban J connectivity index is 1.72. The summed E-state index contributed by atoms with van der Waals surface area (Å²) in [5, 5.41) is 3.02. The summed E-state index contributed by atoms with van der Waals surface area (Å²) in [6.45, 7) is 1.67. The topological polar surface area (TPSA) is 86.8 Å². The van der Waals surface area contributed by atoms with Crippen molar-refractivity contribution in [3.63, 3.8) is 0 Å². The highest BCUT2D eigenvalue weighted by molar-refractivity contribution is 7.92. The number of hydrogen-bond acceptors (Lipinski definition) is 4. The fraction of sp³-hybridized carbons (Fsp3) is 0.481. The minimum absolute atomic E-state index is 0.0599. The second-order valence-electron chi connectivity index (χ2n) is 9.66. The van der Waals surface area contributed by atoms with Crippen molar-refractivity contribution in [2.75, 3.05) is 17.1 Å². The van der Waals surface area contributed by atoms with Gasteiger partial charge in [-0.1, -0.05) is 49.2 Å². The maximum Gasteiger partial charge on any atom is 0.416 e. The van der Waals surface area contributed by atoms with Crippen LogP contribution >= 0.6 is 0 Å². The van der Waals surface area contributed by atoms with Gasteiger partial charge >= 0.3 is 6.18 Å². The molecular weight excluding hydrogens is 519 g/mol. The van der Waals surface area contributed by atoms with Crippen LogP contribution in [0.1, 0.15) is 56.6 Å². The van der Waals surface area contributed by atoms with E-state index in [2.05, 4.69) is 5.32 Å². The van der Waals surface area contributed by atoms with Crippen LogP contribution in [0.5, 0.6) is 0 Å². The molecule has 2 aromatic carbocycles. The first-order valence-corrected chi connectivity index (χ1v) is 14.5. The zero-order valence-electron chi connectivity index (χ0n) is 21.6. The van der Waals surface area contributed by atoms with Gasteiger partial charge in [0, 0.05) is 25.6 Å². The predicted molar refractivity (Wildman–Crippen MR) is 140 cm³/mol. The largest absolute Gasteiger partial charge is 0.416 e. The van der Waals surface area contributed by atoms with E-state index in [0.717, 1.165) is 60.0 Å². The Morgan fingerprint density at radius 1 is 1.05 bits per heavy atom. The summed E-state index contributed by atoms with van der Waals surface area (Å²) in [4.78, 5) is 27.7. The lowest BCUT2D eigenvalue weighted by Crippen LogP contribution is -2.49. The van der Waals surface area contributed by atoms with Crippen LogP contribution in [0, 0.1) is 0 Å². The Kier molecular flexibility index (Phi) is 9.81. The van der Waals surface area contributed by atoms with Crippen LogP contribution in [-0.4, -0.2) is 50.0 Å². The van der Waals surface area contributed by atoms with E-state index in [1.807, 2.05) is 30.3 Å². The molecule has 0 spiro atoms. The number of hydrogen-bond donors (Lipinski definition) is 1. The van der Waals surface area contributed by atoms with Crippen molar-refractivity contribution in [2.24, 2.45) is 0 Å². The second kappa shape index (κ2) is 12.6. The van der Waals surface area contributed by atoms with E-state index in [0.29, 0.717) is 0 Å². The molecule has 0 aliphatic heterocycles. The first-order valence-electron chi connectivity index (χ1n) is 12.6. The third-order valence-corrected chi connectivity index (χ3v) is 7.87. The fourth-order valence-electron chi connectivity index (χ4n) is 4.60. The van der Waals surface area contributed by atoms with Gasteiger partial charge in [0.25, 0.3) is 0 Å². The SMILES string of the molecule is C[C@H](C(=O)NC1CCCC1)N(Cc1ccccc1)C(=O)CCCN(c1cccc(C(F)(F)F)c1)S(C)(=O)=O. The van der Waals surface area contributed by atoms with Gasteiger partial charge < -0.3 is 10.2 Å². The monoisotopic (exact) mass is 553 g/mol. The van der Waals surface area contributed by atoms with Crippen molar-refractivity contribution in [3.05, 3.63) is 65.7 Å². The van der Waals surface area contributed by atoms with E-state index >= 15 is 0 Å². The maximum absolute atomic E-state index is 13.3. The summed E-state index contributed by atoms with van der Waals surface area (Å²) >= 11 is 0. The normalized spacial score (nSPS) is 15.2. The van der Waals surface area contributed by atoms with E-state index in [1.54, 1.807) is 6.92 Å². The van der Waals surface area contributed by atoms with Crippen LogP contribution in [-0.2, 0) is 32.3 Å². The minimum atomic E-state index is -4.62. The number of nitrogens with one attached hydrogen (secondary N) is 1. The zero-order valence-corrected chi connectivity index (χ0v) is 22.4. The highest BCUT2D eigenvalue weighted by Crippen LogP contribution is 2.32. The highest BCUT2D eigenvalue weighted by atomic mass is 32.2. The average molecular weight is 554 g/mol. The lowest BCUT2D eigenvalue weighted by Gasteiger charge is -2.30. The van der Waals surface area contributed by atoms with Gasteiger partial charge in [0.1, 0.15) is 6.04 Å². The van der Waals surface area contributed by atoms with Gasteiger partial charge in [-0.25, -0.2) is 8.42 Å². The number of benzene rings is 2. The van der Waals surface area contributed by atoms with Crippen LogP contribution in [0.2, 0.25) is 0 Å². The summed E-state index contributed by atoms with van der Waals surface area (Å²) in [6, 6.07) is 12.6. The standard InChI is InChI=1S/C27H34F3N3O4S/c1-20(26(35)31-23-13-6-7-14-23)32(19-21-10-4-3-5-11-21)25(34)16-9-17-33(38(2,36)37)24-15-8-12-22(18-24)27(28,29)30/h3-5,8,10-12,15,18,20,23H,6-7,9,13-14,16-17,19H2,1-2H3,(H,31,35)/t20-/m1/s1. The molecule has 1 aliphatic rings. The molecule has 1 fully saturated rings. The Hall–Kier alpha value is -3.08. The maximum atomic E-state index is 13.3. The third kappa shape index (κ3) is 8.21. The van der Waals surface area contributed by atoms with E-state index < -0.39 is 27.8 Å². The quantitative estimate of drug-likeness (QED) is 0.436. The molecule has 0 bridgehead atoms. The molecule has 0 radical (unpaired) electrons. The lowest BCUT2D eigenvalue weighted by atomic mass is 10.1. The Labute approximate surface area is 222 Å². The zero-order chi connectivity index (χ0) is 27.9. The van der Waals surface area contributed by atoms with Crippen LogP contribution in [0.15, 0.2) is 54.6 Å². The fourth-order valence-corrected chi connectivity index (χ4v) is 5.55. The van der Waals surface area contributed by atoms with Gasteiger partial charge in [-0.15, -0.1) is 0 Å². The van der Waals surface area contributed by atoms with Crippen molar-refractivity contribution >= 4 is 27.5 Å². The highest BCUT2D eigenvalue weighted by Gasteiger charge is 2.32.